The van der Waals surface area contributed by atoms with Gasteiger partial charge in [-0.3, -0.25) is 19.5 Å². The van der Waals surface area contributed by atoms with E-state index in [-0.39, 0.29) is 24.8 Å². The van der Waals surface area contributed by atoms with E-state index < -0.39 is 5.41 Å². The number of pyridine rings is 1. The summed E-state index contributed by atoms with van der Waals surface area (Å²) in [5.41, 5.74) is 1.04. The minimum Gasteiger partial charge on any atom is -0.388 e. The molecule has 0 atom stereocenters. The van der Waals surface area contributed by atoms with Gasteiger partial charge in [-0.25, -0.2) is 0 Å². The van der Waals surface area contributed by atoms with Crippen LogP contribution in [-0.4, -0.2) is 28.7 Å². The summed E-state index contributed by atoms with van der Waals surface area (Å²) in [5, 5.41) is 3.00. The summed E-state index contributed by atoms with van der Waals surface area (Å²) in [4.78, 5) is 29.4. The van der Waals surface area contributed by atoms with Gasteiger partial charge in [0.15, 0.2) is 0 Å². The Morgan fingerprint density at radius 3 is 2.72 bits per heavy atom. The van der Waals surface area contributed by atoms with Crippen LogP contribution >= 0.6 is 0 Å². The number of likely N-dealkylation sites (tertiary alicyclic amines) is 1. The largest absolute Gasteiger partial charge is 0.388 e. The molecule has 1 aromatic rings. The van der Waals surface area contributed by atoms with E-state index in [0.29, 0.717) is 5.69 Å². The van der Waals surface area contributed by atoms with Crippen molar-refractivity contribution in [3.8, 4) is 0 Å². The van der Waals surface area contributed by atoms with Crippen LogP contribution in [0.1, 0.15) is 26.0 Å². The molecular formula is C13H17N3O2. The lowest BCUT2D eigenvalue weighted by molar-refractivity contribution is -0.141. The molecular weight excluding hydrogens is 230 g/mol. The van der Waals surface area contributed by atoms with Gasteiger partial charge in [0, 0.05) is 25.4 Å². The molecule has 0 aliphatic carbocycles. The van der Waals surface area contributed by atoms with Crippen molar-refractivity contribution in [2.24, 2.45) is 5.41 Å². The van der Waals surface area contributed by atoms with Crippen LogP contribution in [0.4, 0.5) is 5.69 Å². The second kappa shape index (κ2) is 4.40. The van der Waals surface area contributed by atoms with Crippen molar-refractivity contribution in [3.05, 3.63) is 24.0 Å². The van der Waals surface area contributed by atoms with Crippen molar-refractivity contribution in [2.45, 2.75) is 26.8 Å². The molecule has 2 amide bonds. The summed E-state index contributed by atoms with van der Waals surface area (Å²) in [6, 6.07) is 3.67. The first-order valence-corrected chi connectivity index (χ1v) is 5.91. The molecule has 18 heavy (non-hydrogen) atoms. The van der Waals surface area contributed by atoms with Crippen molar-refractivity contribution < 1.29 is 9.59 Å². The molecule has 0 spiro atoms. The average Bonchev–Trinajstić information content (AvgIpc) is 2.52. The Labute approximate surface area is 106 Å². The Bertz CT molecular complexity index is 497. The van der Waals surface area contributed by atoms with Crippen LogP contribution in [0.5, 0.6) is 0 Å². The van der Waals surface area contributed by atoms with Crippen LogP contribution in [0.3, 0.4) is 0 Å². The highest BCUT2D eigenvalue weighted by Crippen LogP contribution is 2.32. The molecule has 0 bridgehead atoms. The number of rotatable bonds is 3. The van der Waals surface area contributed by atoms with Gasteiger partial charge in [0.1, 0.15) is 0 Å². The number of anilines is 1. The summed E-state index contributed by atoms with van der Waals surface area (Å²) in [7, 11) is 1.81. The number of imide groups is 1. The fraction of sp³-hybridized carbons (Fsp3) is 0.462. The van der Waals surface area contributed by atoms with E-state index in [1.54, 1.807) is 20.0 Å². The van der Waals surface area contributed by atoms with E-state index >= 15 is 0 Å². The van der Waals surface area contributed by atoms with Crippen LogP contribution in [-0.2, 0) is 16.1 Å². The molecule has 1 aromatic heterocycles. The minimum atomic E-state index is -0.586. The summed E-state index contributed by atoms with van der Waals surface area (Å²) in [5.74, 6) is -0.245. The predicted molar refractivity (Wildman–Crippen MR) is 67.7 cm³/mol. The maximum absolute atomic E-state index is 12.1. The van der Waals surface area contributed by atoms with E-state index in [4.69, 9.17) is 0 Å². The highest BCUT2D eigenvalue weighted by atomic mass is 16.2. The van der Waals surface area contributed by atoms with Gasteiger partial charge in [0.2, 0.25) is 11.8 Å². The van der Waals surface area contributed by atoms with Crippen LogP contribution in [0, 0.1) is 5.41 Å². The second-order valence-electron chi connectivity index (χ2n) is 5.13. The lowest BCUT2D eigenvalue weighted by atomic mass is 9.92. The van der Waals surface area contributed by atoms with Gasteiger partial charge in [-0.15, -0.1) is 0 Å². The standard InChI is InChI=1S/C13H17N3O2/c1-13(2)7-11(17)16(12(13)18)8-10-6-9(14-3)4-5-15-10/h4-6H,7-8H2,1-3H3,(H,14,15). The predicted octanol–water partition coefficient (Wildman–Crippen LogP) is 1.41. The van der Waals surface area contributed by atoms with Gasteiger partial charge < -0.3 is 5.32 Å². The van der Waals surface area contributed by atoms with Crippen LogP contribution in [0.2, 0.25) is 0 Å². The molecule has 0 unspecified atom stereocenters. The van der Waals surface area contributed by atoms with Crippen molar-refractivity contribution in [3.63, 3.8) is 0 Å². The Hall–Kier alpha value is -1.91. The van der Waals surface area contributed by atoms with Crippen LogP contribution < -0.4 is 5.32 Å². The van der Waals surface area contributed by atoms with Crippen molar-refractivity contribution in [1.29, 1.82) is 0 Å². The van der Waals surface area contributed by atoms with E-state index in [0.717, 1.165) is 5.69 Å². The first kappa shape index (κ1) is 12.5. The van der Waals surface area contributed by atoms with E-state index in [1.165, 1.54) is 4.90 Å². The van der Waals surface area contributed by atoms with Crippen molar-refractivity contribution >= 4 is 17.5 Å². The number of carbonyl (C=O) groups excluding carboxylic acids is 2. The van der Waals surface area contributed by atoms with Gasteiger partial charge >= 0.3 is 0 Å². The maximum Gasteiger partial charge on any atom is 0.235 e. The Morgan fingerprint density at radius 2 is 2.17 bits per heavy atom. The normalized spacial score (nSPS) is 18.3. The lowest BCUT2D eigenvalue weighted by Crippen LogP contribution is -2.32. The summed E-state index contributed by atoms with van der Waals surface area (Å²) in [6.45, 7) is 3.84. The molecule has 5 nitrogen and oxygen atoms in total. The third-order valence-corrected chi connectivity index (χ3v) is 3.14. The highest BCUT2D eigenvalue weighted by Gasteiger charge is 2.44. The molecule has 1 aliphatic rings. The number of hydrogen-bond acceptors (Lipinski definition) is 4. The van der Waals surface area contributed by atoms with Gasteiger partial charge in [-0.2, -0.15) is 0 Å². The SMILES string of the molecule is CNc1ccnc(CN2C(=O)CC(C)(C)C2=O)c1. The third-order valence-electron chi connectivity index (χ3n) is 3.14. The van der Waals surface area contributed by atoms with E-state index in [1.807, 2.05) is 19.2 Å². The molecule has 1 aliphatic heterocycles. The van der Waals surface area contributed by atoms with Crippen LogP contribution in [0.15, 0.2) is 18.3 Å². The topological polar surface area (TPSA) is 62.3 Å². The highest BCUT2D eigenvalue weighted by molar-refractivity contribution is 6.05. The molecule has 2 heterocycles. The number of nitrogens with one attached hydrogen (secondary N) is 1. The first-order chi connectivity index (χ1) is 8.44. The minimum absolute atomic E-state index is 0.121. The van der Waals surface area contributed by atoms with Crippen LogP contribution in [0.25, 0.3) is 0 Å². The smallest absolute Gasteiger partial charge is 0.235 e. The first-order valence-electron chi connectivity index (χ1n) is 5.91. The monoisotopic (exact) mass is 247 g/mol. The average molecular weight is 247 g/mol. The van der Waals surface area contributed by atoms with Gasteiger partial charge in [-0.05, 0) is 12.1 Å². The zero-order valence-electron chi connectivity index (χ0n) is 10.9. The van der Waals surface area contributed by atoms with Crippen molar-refractivity contribution in [2.75, 3.05) is 12.4 Å². The lowest BCUT2D eigenvalue weighted by Gasteiger charge is -2.17. The molecule has 0 aromatic carbocycles. The summed E-state index contributed by atoms with van der Waals surface area (Å²) >= 11 is 0. The number of carbonyl (C=O) groups is 2. The maximum atomic E-state index is 12.1. The quantitative estimate of drug-likeness (QED) is 0.820. The molecule has 2 rings (SSSR count). The van der Waals surface area contributed by atoms with Gasteiger partial charge in [-0.1, -0.05) is 13.8 Å². The Balaban J connectivity index is 2.19. The molecule has 1 N–H and O–H groups in total. The number of amides is 2. The molecule has 5 heteroatoms. The molecule has 1 fully saturated rings. The van der Waals surface area contributed by atoms with E-state index in [9.17, 15) is 9.59 Å². The number of aromatic nitrogens is 1. The van der Waals surface area contributed by atoms with Gasteiger partial charge in [0.05, 0.1) is 17.7 Å². The second-order valence-corrected chi connectivity index (χ2v) is 5.13. The fourth-order valence-electron chi connectivity index (χ4n) is 2.07. The number of hydrogen-bond donors (Lipinski definition) is 1. The third kappa shape index (κ3) is 2.20. The molecule has 0 saturated carbocycles. The summed E-state index contributed by atoms with van der Waals surface area (Å²) in [6.07, 6.45) is 1.94. The Morgan fingerprint density at radius 1 is 1.44 bits per heavy atom. The molecule has 0 radical (unpaired) electrons. The Kier molecular flexibility index (Phi) is 3.07. The molecule has 96 valence electrons. The number of nitrogens with zero attached hydrogens (tertiary/aromatic N) is 2. The fourth-order valence-corrected chi connectivity index (χ4v) is 2.07. The molecule has 1 saturated heterocycles. The van der Waals surface area contributed by atoms with Crippen molar-refractivity contribution in [1.82, 2.24) is 9.88 Å². The summed E-state index contributed by atoms with van der Waals surface area (Å²) < 4.78 is 0. The zero-order valence-corrected chi connectivity index (χ0v) is 10.9. The van der Waals surface area contributed by atoms with Gasteiger partial charge in [0.25, 0.3) is 0 Å². The van der Waals surface area contributed by atoms with E-state index in [2.05, 4.69) is 10.3 Å². The zero-order chi connectivity index (χ0) is 13.3.